The molecule has 0 spiro atoms. The third-order valence-electron chi connectivity index (χ3n) is 4.23. The number of hydrogen-bond acceptors (Lipinski definition) is 2. The first-order chi connectivity index (χ1) is 8.53. The topological polar surface area (TPSA) is 43.8 Å². The van der Waals surface area contributed by atoms with Crippen LogP contribution in [0.3, 0.4) is 0 Å². The summed E-state index contributed by atoms with van der Waals surface area (Å²) in [7, 11) is 0. The Morgan fingerprint density at radius 2 is 2.33 bits per heavy atom. The largest absolute Gasteiger partial charge is 0.321 e. The molecule has 1 aromatic rings. The van der Waals surface area contributed by atoms with Crippen LogP contribution in [0.15, 0.2) is 12.4 Å². The summed E-state index contributed by atoms with van der Waals surface area (Å²) in [5, 5.41) is 4.38. The van der Waals surface area contributed by atoms with Crippen molar-refractivity contribution in [3.05, 3.63) is 18.0 Å². The highest BCUT2D eigenvalue weighted by atomic mass is 15.3. The maximum Gasteiger partial charge on any atom is 0.0540 e. The summed E-state index contributed by atoms with van der Waals surface area (Å²) >= 11 is 0. The first-order valence-electron chi connectivity index (χ1n) is 7.35. The van der Waals surface area contributed by atoms with Crippen LogP contribution in [0.25, 0.3) is 0 Å². The van der Waals surface area contributed by atoms with Gasteiger partial charge < -0.3 is 5.73 Å². The second kappa shape index (κ2) is 5.43. The Hall–Kier alpha value is -0.830. The molecule has 1 aromatic heterocycles. The molecule has 2 N–H and O–H groups in total. The van der Waals surface area contributed by atoms with E-state index in [1.165, 1.54) is 24.8 Å². The molecule has 0 aromatic carbocycles. The zero-order valence-corrected chi connectivity index (χ0v) is 12.0. The van der Waals surface area contributed by atoms with Crippen molar-refractivity contribution in [3.63, 3.8) is 0 Å². The van der Waals surface area contributed by atoms with E-state index in [0.717, 1.165) is 31.2 Å². The van der Waals surface area contributed by atoms with Gasteiger partial charge in [0.1, 0.15) is 0 Å². The summed E-state index contributed by atoms with van der Waals surface area (Å²) < 4.78 is 1.98. The molecular formula is C15H27N3. The molecule has 1 aliphatic rings. The van der Waals surface area contributed by atoms with Crippen molar-refractivity contribution < 1.29 is 0 Å². The molecule has 0 amide bonds. The van der Waals surface area contributed by atoms with Crippen LogP contribution in [0, 0.1) is 11.8 Å². The molecule has 3 heteroatoms. The highest BCUT2D eigenvalue weighted by Gasteiger charge is 2.35. The zero-order valence-electron chi connectivity index (χ0n) is 12.0. The molecule has 0 aliphatic heterocycles. The lowest BCUT2D eigenvalue weighted by atomic mass is 9.71. The Kier molecular flexibility index (Phi) is 4.10. The predicted octanol–water partition coefficient (Wildman–Crippen LogP) is 3.29. The summed E-state index contributed by atoms with van der Waals surface area (Å²) in [5.74, 6) is 1.56. The van der Waals surface area contributed by atoms with Crippen LogP contribution in [-0.2, 0) is 12.1 Å². The van der Waals surface area contributed by atoms with Crippen molar-refractivity contribution in [3.8, 4) is 0 Å². The minimum Gasteiger partial charge on any atom is -0.321 e. The Morgan fingerprint density at radius 1 is 1.56 bits per heavy atom. The maximum absolute atomic E-state index is 6.66. The second-order valence-electron chi connectivity index (χ2n) is 6.33. The molecule has 3 nitrogen and oxygen atoms in total. The van der Waals surface area contributed by atoms with Crippen molar-refractivity contribution in [1.29, 1.82) is 0 Å². The fourth-order valence-corrected chi connectivity index (χ4v) is 3.35. The SMILES string of the molecule is CCn1cc(C2(N)CCCC(CC(C)C)C2)cn1. The van der Waals surface area contributed by atoms with Gasteiger partial charge in [-0.2, -0.15) is 5.10 Å². The van der Waals surface area contributed by atoms with E-state index < -0.39 is 0 Å². The molecule has 2 atom stereocenters. The Bertz CT molecular complexity index is 383. The third kappa shape index (κ3) is 2.94. The molecule has 1 heterocycles. The smallest absolute Gasteiger partial charge is 0.0540 e. The van der Waals surface area contributed by atoms with Gasteiger partial charge in [-0.1, -0.05) is 26.7 Å². The van der Waals surface area contributed by atoms with E-state index in [0.29, 0.717) is 0 Å². The molecule has 0 radical (unpaired) electrons. The lowest BCUT2D eigenvalue weighted by Gasteiger charge is -2.38. The average molecular weight is 249 g/mol. The molecule has 1 aliphatic carbocycles. The quantitative estimate of drug-likeness (QED) is 0.890. The van der Waals surface area contributed by atoms with Crippen LogP contribution < -0.4 is 5.73 Å². The van der Waals surface area contributed by atoms with Crippen LogP contribution >= 0.6 is 0 Å². The normalized spacial score (nSPS) is 28.8. The van der Waals surface area contributed by atoms with Gasteiger partial charge in [-0.3, -0.25) is 4.68 Å². The fraction of sp³-hybridized carbons (Fsp3) is 0.800. The van der Waals surface area contributed by atoms with Gasteiger partial charge in [0.05, 0.1) is 6.20 Å². The van der Waals surface area contributed by atoms with Gasteiger partial charge >= 0.3 is 0 Å². The number of nitrogens with zero attached hydrogens (tertiary/aromatic N) is 2. The van der Waals surface area contributed by atoms with Crippen LogP contribution in [0.1, 0.15) is 58.4 Å². The number of nitrogens with two attached hydrogens (primary N) is 1. The van der Waals surface area contributed by atoms with Gasteiger partial charge in [0.15, 0.2) is 0 Å². The summed E-state index contributed by atoms with van der Waals surface area (Å²) in [6.07, 6.45) is 10.3. The molecule has 0 bridgehead atoms. The summed E-state index contributed by atoms with van der Waals surface area (Å²) in [6, 6.07) is 0. The number of hydrogen-bond donors (Lipinski definition) is 1. The Balaban J connectivity index is 2.09. The summed E-state index contributed by atoms with van der Waals surface area (Å²) in [4.78, 5) is 0. The molecular weight excluding hydrogens is 222 g/mol. The zero-order chi connectivity index (χ0) is 13.2. The van der Waals surface area contributed by atoms with Gasteiger partial charge in [0.25, 0.3) is 0 Å². The van der Waals surface area contributed by atoms with Crippen LogP contribution in [0.2, 0.25) is 0 Å². The van der Waals surface area contributed by atoms with Crippen molar-refractivity contribution >= 4 is 0 Å². The molecule has 102 valence electrons. The van der Waals surface area contributed by atoms with Gasteiger partial charge in [0.2, 0.25) is 0 Å². The molecule has 1 fully saturated rings. The van der Waals surface area contributed by atoms with E-state index in [9.17, 15) is 0 Å². The summed E-state index contributed by atoms with van der Waals surface area (Å²) in [5.41, 5.74) is 7.76. The van der Waals surface area contributed by atoms with E-state index in [2.05, 4.69) is 32.1 Å². The minimum absolute atomic E-state index is 0.134. The highest BCUT2D eigenvalue weighted by molar-refractivity contribution is 5.18. The van der Waals surface area contributed by atoms with Crippen molar-refractivity contribution in [2.24, 2.45) is 17.6 Å². The van der Waals surface area contributed by atoms with Crippen LogP contribution in [0.5, 0.6) is 0 Å². The average Bonchev–Trinajstić information content (AvgIpc) is 2.77. The van der Waals surface area contributed by atoms with Gasteiger partial charge in [-0.05, 0) is 38.0 Å². The van der Waals surface area contributed by atoms with E-state index in [1.807, 2.05) is 10.9 Å². The van der Waals surface area contributed by atoms with Gasteiger partial charge in [0, 0.05) is 23.8 Å². The monoisotopic (exact) mass is 249 g/mol. The highest BCUT2D eigenvalue weighted by Crippen LogP contribution is 2.40. The molecule has 1 saturated carbocycles. The Morgan fingerprint density at radius 3 is 2.94 bits per heavy atom. The number of aryl methyl sites for hydroxylation is 1. The first kappa shape index (κ1) is 13.6. The van der Waals surface area contributed by atoms with Gasteiger partial charge in [-0.15, -0.1) is 0 Å². The molecule has 2 rings (SSSR count). The van der Waals surface area contributed by atoms with Crippen molar-refractivity contribution in [2.45, 2.75) is 65.0 Å². The van der Waals surface area contributed by atoms with E-state index in [4.69, 9.17) is 5.73 Å². The standard InChI is InChI=1S/C15H27N3/c1-4-18-11-14(10-17-18)15(16)7-5-6-13(9-15)8-12(2)3/h10-13H,4-9,16H2,1-3H3. The van der Waals surface area contributed by atoms with E-state index in [1.54, 1.807) is 0 Å². The minimum atomic E-state index is -0.134. The predicted molar refractivity (Wildman–Crippen MR) is 75.2 cm³/mol. The number of rotatable bonds is 4. The Labute approximate surface area is 111 Å². The third-order valence-corrected chi connectivity index (χ3v) is 4.23. The first-order valence-corrected chi connectivity index (χ1v) is 7.35. The fourth-order valence-electron chi connectivity index (χ4n) is 3.35. The molecule has 18 heavy (non-hydrogen) atoms. The van der Waals surface area contributed by atoms with Crippen LogP contribution in [0.4, 0.5) is 0 Å². The van der Waals surface area contributed by atoms with Crippen molar-refractivity contribution in [2.75, 3.05) is 0 Å². The van der Waals surface area contributed by atoms with Crippen molar-refractivity contribution in [1.82, 2.24) is 9.78 Å². The summed E-state index contributed by atoms with van der Waals surface area (Å²) in [6.45, 7) is 7.65. The molecule has 2 unspecified atom stereocenters. The number of aromatic nitrogens is 2. The van der Waals surface area contributed by atoms with E-state index >= 15 is 0 Å². The lowest BCUT2D eigenvalue weighted by Crippen LogP contribution is -2.41. The molecule has 0 saturated heterocycles. The lowest BCUT2D eigenvalue weighted by molar-refractivity contribution is 0.202. The van der Waals surface area contributed by atoms with Gasteiger partial charge in [-0.25, -0.2) is 0 Å². The second-order valence-corrected chi connectivity index (χ2v) is 6.33. The van der Waals surface area contributed by atoms with E-state index in [-0.39, 0.29) is 5.54 Å². The van der Waals surface area contributed by atoms with Crippen LogP contribution in [-0.4, -0.2) is 9.78 Å². The maximum atomic E-state index is 6.66.